The van der Waals surface area contributed by atoms with Crippen molar-refractivity contribution in [2.45, 2.75) is 17.1 Å². The summed E-state index contributed by atoms with van der Waals surface area (Å²) in [5.74, 6) is -0.601. The molecule has 8 nitrogen and oxygen atoms in total. The van der Waals surface area contributed by atoms with Gasteiger partial charge in [0.2, 0.25) is 5.91 Å². The van der Waals surface area contributed by atoms with Crippen molar-refractivity contribution >= 4 is 63.0 Å². The van der Waals surface area contributed by atoms with Crippen LogP contribution in [0.5, 0.6) is 0 Å². The first-order chi connectivity index (χ1) is 17.3. The van der Waals surface area contributed by atoms with E-state index in [2.05, 4.69) is 15.6 Å². The number of non-ortho nitro benzene ring substituents is 1. The number of nitro groups is 1. The van der Waals surface area contributed by atoms with Gasteiger partial charge in [0, 0.05) is 44.2 Å². The standard InChI is InChI=1S/C25H19ClN4O4S2/c1-15(23(31)29-25-28-22(14-35-25)20-7-2-3-8-21(20)26)36-19-6-4-5-17(13-19)27-24(32)16-9-11-18(12-10-16)30(33)34/h2-15H,1H3,(H,27,32)(H,28,29,31). The predicted molar refractivity (Wildman–Crippen MR) is 144 cm³/mol. The van der Waals surface area contributed by atoms with Crippen molar-refractivity contribution in [1.82, 2.24) is 4.98 Å². The Bertz CT molecular complexity index is 1430. The third-order valence-electron chi connectivity index (χ3n) is 5.00. The van der Waals surface area contributed by atoms with Gasteiger partial charge in [-0.05, 0) is 43.3 Å². The van der Waals surface area contributed by atoms with Crippen molar-refractivity contribution in [2.24, 2.45) is 0 Å². The van der Waals surface area contributed by atoms with Gasteiger partial charge in [-0.1, -0.05) is 35.9 Å². The van der Waals surface area contributed by atoms with E-state index >= 15 is 0 Å². The summed E-state index contributed by atoms with van der Waals surface area (Å²) in [5.41, 5.74) is 2.24. The summed E-state index contributed by atoms with van der Waals surface area (Å²) in [6.07, 6.45) is 0. The number of nitro benzene ring substituents is 1. The summed E-state index contributed by atoms with van der Waals surface area (Å²) in [4.78, 5) is 40.8. The van der Waals surface area contributed by atoms with Crippen molar-refractivity contribution in [2.75, 3.05) is 10.6 Å². The van der Waals surface area contributed by atoms with Crippen molar-refractivity contribution in [3.63, 3.8) is 0 Å². The number of benzene rings is 3. The van der Waals surface area contributed by atoms with Gasteiger partial charge in [-0.25, -0.2) is 4.98 Å². The predicted octanol–water partition coefficient (Wildman–Crippen LogP) is 6.74. The van der Waals surface area contributed by atoms with Gasteiger partial charge >= 0.3 is 0 Å². The molecule has 0 spiro atoms. The number of rotatable bonds is 8. The minimum Gasteiger partial charge on any atom is -0.322 e. The zero-order valence-corrected chi connectivity index (χ0v) is 21.2. The lowest BCUT2D eigenvalue weighted by Crippen LogP contribution is -2.22. The minimum absolute atomic E-state index is 0.0879. The number of nitrogens with one attached hydrogen (secondary N) is 2. The molecule has 1 unspecified atom stereocenters. The Hall–Kier alpha value is -3.73. The van der Waals surface area contributed by atoms with Gasteiger partial charge in [0.05, 0.1) is 15.9 Å². The normalized spacial score (nSPS) is 11.5. The monoisotopic (exact) mass is 538 g/mol. The lowest BCUT2D eigenvalue weighted by Gasteiger charge is -2.12. The number of halogens is 1. The molecule has 0 fully saturated rings. The van der Waals surface area contributed by atoms with E-state index in [9.17, 15) is 19.7 Å². The van der Waals surface area contributed by atoms with Gasteiger partial charge in [0.25, 0.3) is 11.6 Å². The lowest BCUT2D eigenvalue weighted by molar-refractivity contribution is -0.384. The summed E-state index contributed by atoms with van der Waals surface area (Å²) in [5, 5.41) is 18.9. The maximum absolute atomic E-state index is 12.7. The smallest absolute Gasteiger partial charge is 0.269 e. The summed E-state index contributed by atoms with van der Waals surface area (Å²) < 4.78 is 0. The molecule has 4 rings (SSSR count). The molecule has 1 atom stereocenters. The molecule has 0 aliphatic heterocycles. The fourth-order valence-electron chi connectivity index (χ4n) is 3.17. The molecule has 0 saturated carbocycles. The fourth-order valence-corrected chi connectivity index (χ4v) is 5.05. The van der Waals surface area contributed by atoms with Crippen LogP contribution < -0.4 is 10.6 Å². The quantitative estimate of drug-likeness (QED) is 0.146. The third-order valence-corrected chi connectivity index (χ3v) is 7.18. The Morgan fingerprint density at radius 3 is 2.53 bits per heavy atom. The van der Waals surface area contributed by atoms with Crippen molar-refractivity contribution < 1.29 is 14.5 Å². The lowest BCUT2D eigenvalue weighted by atomic mass is 10.2. The van der Waals surface area contributed by atoms with Crippen LogP contribution in [0.1, 0.15) is 17.3 Å². The van der Waals surface area contributed by atoms with Crippen LogP contribution in [-0.4, -0.2) is 27.0 Å². The molecule has 0 radical (unpaired) electrons. The van der Waals surface area contributed by atoms with E-state index in [1.807, 2.05) is 29.6 Å². The first-order valence-corrected chi connectivity index (χ1v) is 12.8. The highest BCUT2D eigenvalue weighted by atomic mass is 35.5. The summed E-state index contributed by atoms with van der Waals surface area (Å²) in [7, 11) is 0. The minimum atomic E-state index is -0.522. The number of hydrogen-bond acceptors (Lipinski definition) is 7. The molecular weight excluding hydrogens is 520 g/mol. The van der Waals surface area contributed by atoms with Gasteiger partial charge in [-0.15, -0.1) is 23.1 Å². The number of aromatic nitrogens is 1. The first kappa shape index (κ1) is 25.4. The highest BCUT2D eigenvalue weighted by Crippen LogP contribution is 2.31. The Kier molecular flexibility index (Phi) is 7.99. The van der Waals surface area contributed by atoms with Crippen LogP contribution in [0.3, 0.4) is 0 Å². The van der Waals surface area contributed by atoms with E-state index in [-0.39, 0.29) is 11.6 Å². The maximum Gasteiger partial charge on any atom is 0.269 e. The second kappa shape index (κ2) is 11.3. The zero-order valence-electron chi connectivity index (χ0n) is 18.8. The molecule has 182 valence electrons. The highest BCUT2D eigenvalue weighted by molar-refractivity contribution is 8.00. The fraction of sp³-hybridized carbons (Fsp3) is 0.0800. The molecular formula is C25H19ClN4O4S2. The molecule has 11 heteroatoms. The van der Waals surface area contributed by atoms with Gasteiger partial charge < -0.3 is 10.6 Å². The van der Waals surface area contributed by atoms with Gasteiger partial charge in [0.15, 0.2) is 5.13 Å². The Morgan fingerprint density at radius 1 is 1.06 bits per heavy atom. The highest BCUT2D eigenvalue weighted by Gasteiger charge is 2.17. The van der Waals surface area contributed by atoms with Crippen molar-refractivity contribution in [1.29, 1.82) is 0 Å². The number of carbonyl (C=O) groups excluding carboxylic acids is 2. The molecule has 1 aromatic heterocycles. The number of thiazole rings is 1. The van der Waals surface area contributed by atoms with E-state index in [1.54, 1.807) is 31.2 Å². The topological polar surface area (TPSA) is 114 Å². The molecule has 0 saturated heterocycles. The van der Waals surface area contributed by atoms with Gasteiger partial charge in [-0.2, -0.15) is 0 Å². The Balaban J connectivity index is 1.36. The molecule has 2 N–H and O–H groups in total. The van der Waals surface area contributed by atoms with E-state index in [0.29, 0.717) is 27.1 Å². The van der Waals surface area contributed by atoms with E-state index in [4.69, 9.17) is 11.6 Å². The van der Waals surface area contributed by atoms with Crippen molar-refractivity contribution in [3.8, 4) is 11.3 Å². The van der Waals surface area contributed by atoms with Gasteiger partial charge in [-0.3, -0.25) is 19.7 Å². The van der Waals surface area contributed by atoms with Crippen LogP contribution in [0.2, 0.25) is 5.02 Å². The number of anilines is 2. The van der Waals surface area contributed by atoms with Crippen LogP contribution in [0.4, 0.5) is 16.5 Å². The summed E-state index contributed by atoms with van der Waals surface area (Å²) in [6, 6.07) is 19.8. The SMILES string of the molecule is CC(Sc1cccc(NC(=O)c2ccc([N+](=O)[O-])cc2)c1)C(=O)Nc1nc(-c2ccccc2Cl)cs1. The molecule has 4 aromatic rings. The molecule has 36 heavy (non-hydrogen) atoms. The first-order valence-electron chi connectivity index (χ1n) is 10.6. The molecule has 3 aromatic carbocycles. The largest absolute Gasteiger partial charge is 0.322 e. The number of hydrogen-bond donors (Lipinski definition) is 2. The van der Waals surface area contributed by atoms with Gasteiger partial charge in [0.1, 0.15) is 0 Å². The van der Waals surface area contributed by atoms with Crippen LogP contribution in [-0.2, 0) is 4.79 Å². The summed E-state index contributed by atoms with van der Waals surface area (Å²) in [6.45, 7) is 1.78. The van der Waals surface area contributed by atoms with Crippen molar-refractivity contribution in [3.05, 3.63) is 98.9 Å². The number of amides is 2. The average Bonchev–Trinajstić information content (AvgIpc) is 3.32. The molecule has 0 aliphatic rings. The zero-order chi connectivity index (χ0) is 25.7. The molecule has 1 heterocycles. The van der Waals surface area contributed by atoms with E-state index in [0.717, 1.165) is 10.5 Å². The Morgan fingerprint density at radius 2 is 1.81 bits per heavy atom. The number of thioether (sulfide) groups is 1. The van der Waals surface area contributed by atoms with Crippen LogP contribution in [0.15, 0.2) is 83.1 Å². The van der Waals surface area contributed by atoms with E-state index < -0.39 is 16.1 Å². The Labute approximate surface area is 219 Å². The number of nitrogens with zero attached hydrogens (tertiary/aromatic N) is 2. The maximum atomic E-state index is 12.7. The van der Waals surface area contributed by atoms with Crippen LogP contribution in [0, 0.1) is 10.1 Å². The second-order valence-electron chi connectivity index (χ2n) is 7.55. The molecule has 2 amide bonds. The van der Waals surface area contributed by atoms with E-state index in [1.165, 1.54) is 47.4 Å². The van der Waals surface area contributed by atoms with Crippen LogP contribution >= 0.6 is 34.7 Å². The number of carbonyl (C=O) groups is 2. The van der Waals surface area contributed by atoms with Crippen LogP contribution in [0.25, 0.3) is 11.3 Å². The second-order valence-corrected chi connectivity index (χ2v) is 10.2. The average molecular weight is 539 g/mol. The third kappa shape index (κ3) is 6.28. The summed E-state index contributed by atoms with van der Waals surface area (Å²) >= 11 is 8.89. The molecule has 0 aliphatic carbocycles. The molecule has 0 bridgehead atoms.